The lowest BCUT2D eigenvalue weighted by molar-refractivity contribution is 0.944. The Bertz CT molecular complexity index is 1410. The second-order valence-electron chi connectivity index (χ2n) is 7.24. The molecule has 3 aromatic carbocycles. The molecule has 0 bridgehead atoms. The maximum atomic E-state index is 4.87. The van der Waals surface area contributed by atoms with Crippen LogP contribution in [0.2, 0.25) is 0 Å². The molecule has 0 aliphatic heterocycles. The van der Waals surface area contributed by atoms with Crippen LogP contribution in [0.5, 0.6) is 0 Å². The average molecular weight is 399 g/mol. The predicted octanol–water partition coefficient (Wildman–Crippen LogP) is 5.70. The lowest BCUT2D eigenvalue weighted by Crippen LogP contribution is -2.06. The number of para-hydroxylation sites is 1. The van der Waals surface area contributed by atoms with Crippen molar-refractivity contribution in [2.24, 2.45) is 0 Å². The summed E-state index contributed by atoms with van der Waals surface area (Å²) in [6.45, 7) is 0. The van der Waals surface area contributed by atoms with Gasteiger partial charge in [0.25, 0.3) is 0 Å². The summed E-state index contributed by atoms with van der Waals surface area (Å²) in [7, 11) is 0. The van der Waals surface area contributed by atoms with E-state index in [1.807, 2.05) is 83.4 Å². The molecule has 0 fully saturated rings. The van der Waals surface area contributed by atoms with E-state index in [1.165, 1.54) is 0 Å². The van der Waals surface area contributed by atoms with Crippen LogP contribution in [-0.2, 0) is 0 Å². The Balaban J connectivity index is 1.69. The van der Waals surface area contributed by atoms with E-state index < -0.39 is 0 Å². The van der Waals surface area contributed by atoms with Crippen molar-refractivity contribution in [2.75, 3.05) is 0 Å². The van der Waals surface area contributed by atoms with Crippen LogP contribution in [0.1, 0.15) is 0 Å². The van der Waals surface area contributed by atoms with E-state index in [1.54, 1.807) is 6.20 Å². The van der Waals surface area contributed by atoms with Crippen molar-refractivity contribution in [3.8, 4) is 28.7 Å². The minimum Gasteiger partial charge on any atom is -0.262 e. The average Bonchev–Trinajstić information content (AvgIpc) is 3.19. The van der Waals surface area contributed by atoms with E-state index in [0.29, 0.717) is 17.6 Å². The predicted molar refractivity (Wildman–Crippen MR) is 123 cm³/mol. The number of rotatable bonds is 3. The molecule has 31 heavy (non-hydrogen) atoms. The molecule has 0 saturated heterocycles. The minimum atomic E-state index is 0.553. The highest BCUT2D eigenvalue weighted by atomic mass is 15.2. The molecular weight excluding hydrogens is 382 g/mol. The minimum absolute atomic E-state index is 0.553. The Kier molecular flexibility index (Phi) is 4.03. The molecule has 0 spiro atoms. The van der Waals surface area contributed by atoms with Gasteiger partial charge < -0.3 is 0 Å². The number of hydrogen-bond acceptors (Lipinski definition) is 4. The molecular formula is C26H17N5. The van der Waals surface area contributed by atoms with Crippen LogP contribution in [0.4, 0.5) is 0 Å². The van der Waals surface area contributed by atoms with Gasteiger partial charge in [-0.15, -0.1) is 0 Å². The molecule has 3 heterocycles. The first-order chi connectivity index (χ1) is 15.4. The van der Waals surface area contributed by atoms with Crippen LogP contribution >= 0.6 is 0 Å². The summed E-state index contributed by atoms with van der Waals surface area (Å²) in [6.07, 6.45) is 1.80. The van der Waals surface area contributed by atoms with Gasteiger partial charge in [0, 0.05) is 28.1 Å². The standard InChI is InChI=1S/C26H17N5/c1-3-10-18(11-4-1)23-28-24(19-12-5-2-6-13-19)30-26(29-23)31-22-16-8-7-14-20(22)21-15-9-17-27-25(21)31/h1-17H. The molecule has 6 aromatic rings. The van der Waals surface area contributed by atoms with Gasteiger partial charge in [-0.1, -0.05) is 78.9 Å². The smallest absolute Gasteiger partial charge is 0.240 e. The zero-order valence-corrected chi connectivity index (χ0v) is 16.6. The van der Waals surface area contributed by atoms with Crippen molar-refractivity contribution in [1.82, 2.24) is 24.5 Å². The fourth-order valence-electron chi connectivity index (χ4n) is 3.90. The highest BCUT2D eigenvalue weighted by Gasteiger charge is 2.17. The van der Waals surface area contributed by atoms with E-state index in [-0.39, 0.29) is 0 Å². The summed E-state index contributed by atoms with van der Waals surface area (Å²) in [6, 6.07) is 32.3. The maximum absolute atomic E-state index is 4.87. The van der Waals surface area contributed by atoms with E-state index in [2.05, 4.69) is 23.2 Å². The van der Waals surface area contributed by atoms with E-state index in [4.69, 9.17) is 15.0 Å². The zero-order valence-electron chi connectivity index (χ0n) is 16.6. The van der Waals surface area contributed by atoms with Gasteiger partial charge in [0.15, 0.2) is 11.6 Å². The molecule has 0 radical (unpaired) electrons. The van der Waals surface area contributed by atoms with Gasteiger partial charge in [-0.05, 0) is 18.2 Å². The fourth-order valence-corrected chi connectivity index (χ4v) is 3.90. The Morgan fingerprint density at radius 2 is 1.10 bits per heavy atom. The Hall–Kier alpha value is -4.38. The highest BCUT2D eigenvalue weighted by molar-refractivity contribution is 6.07. The number of fused-ring (bicyclic) bond motifs is 3. The molecule has 5 nitrogen and oxygen atoms in total. The van der Waals surface area contributed by atoms with E-state index in [0.717, 1.165) is 33.1 Å². The molecule has 3 aromatic heterocycles. The molecule has 0 saturated carbocycles. The monoisotopic (exact) mass is 399 g/mol. The summed E-state index contributed by atoms with van der Waals surface area (Å²) in [5.41, 5.74) is 3.72. The van der Waals surface area contributed by atoms with Crippen molar-refractivity contribution in [3.63, 3.8) is 0 Å². The Morgan fingerprint density at radius 1 is 0.516 bits per heavy atom. The van der Waals surface area contributed by atoms with Gasteiger partial charge in [0.1, 0.15) is 5.65 Å². The van der Waals surface area contributed by atoms with Crippen LogP contribution < -0.4 is 0 Å². The molecule has 6 rings (SSSR count). The van der Waals surface area contributed by atoms with Gasteiger partial charge in [-0.2, -0.15) is 9.97 Å². The van der Waals surface area contributed by atoms with Crippen molar-refractivity contribution < 1.29 is 0 Å². The Morgan fingerprint density at radius 3 is 1.77 bits per heavy atom. The largest absolute Gasteiger partial charge is 0.262 e. The molecule has 0 unspecified atom stereocenters. The summed E-state index contributed by atoms with van der Waals surface area (Å²) < 4.78 is 2.02. The third kappa shape index (κ3) is 2.95. The molecule has 0 amide bonds. The quantitative estimate of drug-likeness (QED) is 0.383. The first-order valence-corrected chi connectivity index (χ1v) is 10.1. The molecule has 0 aliphatic rings. The molecule has 146 valence electrons. The molecule has 0 N–H and O–H groups in total. The fraction of sp³-hybridized carbons (Fsp3) is 0. The van der Waals surface area contributed by atoms with Crippen LogP contribution in [0.25, 0.3) is 50.7 Å². The van der Waals surface area contributed by atoms with Gasteiger partial charge in [0.05, 0.1) is 5.52 Å². The Labute approximate surface area is 178 Å². The summed E-state index contributed by atoms with van der Waals surface area (Å²) in [5.74, 6) is 1.82. The van der Waals surface area contributed by atoms with Crippen LogP contribution in [0.15, 0.2) is 103 Å². The van der Waals surface area contributed by atoms with Crippen molar-refractivity contribution in [2.45, 2.75) is 0 Å². The lowest BCUT2D eigenvalue weighted by atomic mass is 10.2. The number of pyridine rings is 1. The summed E-state index contributed by atoms with van der Waals surface area (Å²) in [4.78, 5) is 19.2. The molecule has 0 atom stereocenters. The second-order valence-corrected chi connectivity index (χ2v) is 7.24. The summed E-state index contributed by atoms with van der Waals surface area (Å²) in [5, 5.41) is 2.19. The third-order valence-corrected chi connectivity index (χ3v) is 5.32. The SMILES string of the molecule is c1ccc(-c2nc(-c3ccccc3)nc(-n3c4ccccc4c4cccnc43)n2)cc1. The van der Waals surface area contributed by atoms with Gasteiger partial charge in [0.2, 0.25) is 5.95 Å². The summed E-state index contributed by atoms with van der Waals surface area (Å²) >= 11 is 0. The maximum Gasteiger partial charge on any atom is 0.240 e. The number of aromatic nitrogens is 5. The molecule has 0 aliphatic carbocycles. The topological polar surface area (TPSA) is 56.5 Å². The van der Waals surface area contributed by atoms with E-state index in [9.17, 15) is 0 Å². The lowest BCUT2D eigenvalue weighted by Gasteiger charge is -2.10. The third-order valence-electron chi connectivity index (χ3n) is 5.32. The first kappa shape index (κ1) is 17.5. The normalized spacial score (nSPS) is 11.2. The van der Waals surface area contributed by atoms with Crippen molar-refractivity contribution in [1.29, 1.82) is 0 Å². The van der Waals surface area contributed by atoms with Crippen molar-refractivity contribution in [3.05, 3.63) is 103 Å². The van der Waals surface area contributed by atoms with Gasteiger partial charge in [-0.3, -0.25) is 4.57 Å². The van der Waals surface area contributed by atoms with Crippen LogP contribution in [-0.4, -0.2) is 24.5 Å². The number of benzene rings is 3. The number of hydrogen-bond donors (Lipinski definition) is 0. The van der Waals surface area contributed by atoms with Crippen LogP contribution in [0.3, 0.4) is 0 Å². The van der Waals surface area contributed by atoms with Gasteiger partial charge >= 0.3 is 0 Å². The highest BCUT2D eigenvalue weighted by Crippen LogP contribution is 2.30. The van der Waals surface area contributed by atoms with E-state index >= 15 is 0 Å². The first-order valence-electron chi connectivity index (χ1n) is 10.1. The second kappa shape index (κ2) is 7.15. The van der Waals surface area contributed by atoms with Gasteiger partial charge in [-0.25, -0.2) is 9.97 Å². The van der Waals surface area contributed by atoms with Crippen LogP contribution in [0, 0.1) is 0 Å². The number of nitrogens with zero attached hydrogens (tertiary/aromatic N) is 5. The van der Waals surface area contributed by atoms with Crippen molar-refractivity contribution >= 4 is 21.9 Å². The molecule has 5 heteroatoms. The zero-order chi connectivity index (χ0) is 20.6.